The van der Waals surface area contributed by atoms with Gasteiger partial charge in [-0.25, -0.2) is 0 Å². The molecule has 1 aromatic heterocycles. The number of pyridine rings is 1. The summed E-state index contributed by atoms with van der Waals surface area (Å²) in [5, 5.41) is 2.73. The Kier molecular flexibility index (Phi) is 6.91. The second-order valence-corrected chi connectivity index (χ2v) is 5.10. The lowest BCUT2D eigenvalue weighted by Crippen LogP contribution is -2.20. The Hall–Kier alpha value is -2.56. The largest absolute Gasteiger partial charge is 0.494 e. The topological polar surface area (TPSA) is 60.5 Å². The van der Waals surface area contributed by atoms with Gasteiger partial charge in [0.25, 0.3) is 5.91 Å². The number of nitrogens with zero attached hydrogens (tertiary/aromatic N) is 1. The third kappa shape index (κ3) is 6.38. The summed E-state index contributed by atoms with van der Waals surface area (Å²) in [6.45, 7) is 2.85. The van der Waals surface area contributed by atoms with Crippen molar-refractivity contribution >= 4 is 11.6 Å². The Morgan fingerprint density at radius 3 is 2.30 bits per heavy atom. The standard InChI is InChI=1S/C18H22N2O3/c1-2-3-4-13-22-16-5-7-17(8-6-16)23-14-18(21)20-15-9-11-19-12-10-15/h5-12H,2-4,13-14H2,1H3,(H,19,20,21). The SMILES string of the molecule is CCCCCOc1ccc(OCC(=O)Nc2ccncc2)cc1. The zero-order chi connectivity index (χ0) is 16.3. The summed E-state index contributed by atoms with van der Waals surface area (Å²) in [6, 6.07) is 10.7. The Labute approximate surface area is 136 Å². The van der Waals surface area contributed by atoms with E-state index in [1.54, 1.807) is 36.7 Å². The van der Waals surface area contributed by atoms with Gasteiger partial charge in [0.05, 0.1) is 6.61 Å². The van der Waals surface area contributed by atoms with E-state index in [1.165, 1.54) is 12.8 Å². The molecule has 1 heterocycles. The maximum Gasteiger partial charge on any atom is 0.262 e. The molecule has 0 unspecified atom stereocenters. The molecular formula is C18H22N2O3. The number of ether oxygens (including phenoxy) is 2. The van der Waals surface area contributed by atoms with Crippen molar-refractivity contribution in [2.45, 2.75) is 26.2 Å². The summed E-state index contributed by atoms with van der Waals surface area (Å²) in [7, 11) is 0. The number of amides is 1. The van der Waals surface area contributed by atoms with Crippen molar-refractivity contribution in [2.24, 2.45) is 0 Å². The molecule has 0 atom stereocenters. The fraction of sp³-hybridized carbons (Fsp3) is 0.333. The quantitative estimate of drug-likeness (QED) is 0.717. The molecule has 122 valence electrons. The van der Waals surface area contributed by atoms with Crippen LogP contribution in [-0.2, 0) is 4.79 Å². The second kappa shape index (κ2) is 9.46. The third-order valence-corrected chi connectivity index (χ3v) is 3.17. The van der Waals surface area contributed by atoms with Gasteiger partial charge in [-0.1, -0.05) is 19.8 Å². The fourth-order valence-corrected chi connectivity index (χ4v) is 1.96. The molecule has 1 amide bonds. The van der Waals surface area contributed by atoms with Gasteiger partial charge in [-0.15, -0.1) is 0 Å². The number of hydrogen-bond donors (Lipinski definition) is 1. The fourth-order valence-electron chi connectivity index (χ4n) is 1.96. The van der Waals surface area contributed by atoms with Crippen LogP contribution in [0.1, 0.15) is 26.2 Å². The molecule has 1 aromatic carbocycles. The number of aromatic nitrogens is 1. The second-order valence-electron chi connectivity index (χ2n) is 5.10. The van der Waals surface area contributed by atoms with Crippen LogP contribution in [0.4, 0.5) is 5.69 Å². The van der Waals surface area contributed by atoms with Gasteiger partial charge in [0.15, 0.2) is 6.61 Å². The summed E-state index contributed by atoms with van der Waals surface area (Å²) >= 11 is 0. The number of nitrogens with one attached hydrogen (secondary N) is 1. The molecule has 0 radical (unpaired) electrons. The van der Waals surface area contributed by atoms with Crippen LogP contribution in [0.2, 0.25) is 0 Å². The van der Waals surface area contributed by atoms with Crippen LogP contribution in [0.15, 0.2) is 48.8 Å². The minimum absolute atomic E-state index is 0.0426. The molecule has 0 spiro atoms. The highest BCUT2D eigenvalue weighted by molar-refractivity contribution is 5.91. The molecule has 23 heavy (non-hydrogen) atoms. The summed E-state index contributed by atoms with van der Waals surface area (Å²) < 4.78 is 11.1. The number of anilines is 1. The number of carbonyl (C=O) groups excluding carboxylic acids is 1. The van der Waals surface area contributed by atoms with E-state index in [-0.39, 0.29) is 12.5 Å². The van der Waals surface area contributed by atoms with Gasteiger partial charge in [-0.2, -0.15) is 0 Å². The molecule has 1 N–H and O–H groups in total. The van der Waals surface area contributed by atoms with Gasteiger partial charge < -0.3 is 14.8 Å². The van der Waals surface area contributed by atoms with Crippen LogP contribution in [0.5, 0.6) is 11.5 Å². The first-order valence-corrected chi connectivity index (χ1v) is 7.83. The van der Waals surface area contributed by atoms with Crippen LogP contribution >= 0.6 is 0 Å². The Balaban J connectivity index is 1.72. The Bertz CT molecular complexity index is 585. The number of unbranched alkanes of at least 4 members (excludes halogenated alkanes) is 2. The lowest BCUT2D eigenvalue weighted by atomic mass is 10.3. The highest BCUT2D eigenvalue weighted by atomic mass is 16.5. The highest BCUT2D eigenvalue weighted by Crippen LogP contribution is 2.18. The lowest BCUT2D eigenvalue weighted by molar-refractivity contribution is -0.118. The Morgan fingerprint density at radius 1 is 1.00 bits per heavy atom. The smallest absolute Gasteiger partial charge is 0.262 e. The minimum Gasteiger partial charge on any atom is -0.494 e. The number of carbonyl (C=O) groups is 1. The van der Waals surface area contributed by atoms with E-state index in [4.69, 9.17) is 9.47 Å². The minimum atomic E-state index is -0.212. The molecule has 5 heteroatoms. The Morgan fingerprint density at radius 2 is 1.65 bits per heavy atom. The van der Waals surface area contributed by atoms with Crippen molar-refractivity contribution in [2.75, 3.05) is 18.5 Å². The highest BCUT2D eigenvalue weighted by Gasteiger charge is 2.04. The average molecular weight is 314 g/mol. The van der Waals surface area contributed by atoms with E-state index in [0.29, 0.717) is 11.4 Å². The van der Waals surface area contributed by atoms with Crippen LogP contribution in [-0.4, -0.2) is 24.1 Å². The average Bonchev–Trinajstić information content (AvgIpc) is 2.59. The van der Waals surface area contributed by atoms with Crippen LogP contribution < -0.4 is 14.8 Å². The first-order valence-electron chi connectivity index (χ1n) is 7.83. The molecule has 0 saturated heterocycles. The van der Waals surface area contributed by atoms with E-state index in [2.05, 4.69) is 17.2 Å². The molecule has 5 nitrogen and oxygen atoms in total. The molecular weight excluding hydrogens is 292 g/mol. The molecule has 2 aromatic rings. The molecule has 0 aliphatic rings. The number of rotatable bonds is 9. The van der Waals surface area contributed by atoms with Crippen molar-refractivity contribution in [3.63, 3.8) is 0 Å². The van der Waals surface area contributed by atoms with E-state index in [1.807, 2.05) is 12.1 Å². The van der Waals surface area contributed by atoms with Crippen molar-refractivity contribution in [1.82, 2.24) is 4.98 Å². The van der Waals surface area contributed by atoms with Gasteiger partial charge in [0.2, 0.25) is 0 Å². The maximum absolute atomic E-state index is 11.8. The summed E-state index contributed by atoms with van der Waals surface area (Å²) in [5.74, 6) is 1.24. The third-order valence-electron chi connectivity index (χ3n) is 3.17. The lowest BCUT2D eigenvalue weighted by Gasteiger charge is -2.09. The van der Waals surface area contributed by atoms with Crippen molar-refractivity contribution in [1.29, 1.82) is 0 Å². The molecule has 0 bridgehead atoms. The van der Waals surface area contributed by atoms with E-state index in [9.17, 15) is 4.79 Å². The molecule has 0 saturated carbocycles. The van der Waals surface area contributed by atoms with Crippen LogP contribution in [0.25, 0.3) is 0 Å². The first-order chi connectivity index (χ1) is 11.3. The monoisotopic (exact) mass is 314 g/mol. The summed E-state index contributed by atoms with van der Waals surface area (Å²) in [4.78, 5) is 15.7. The first kappa shape index (κ1) is 16.8. The molecule has 0 aliphatic heterocycles. The van der Waals surface area contributed by atoms with E-state index in [0.717, 1.165) is 18.8 Å². The zero-order valence-electron chi connectivity index (χ0n) is 13.3. The van der Waals surface area contributed by atoms with E-state index >= 15 is 0 Å². The van der Waals surface area contributed by atoms with Crippen molar-refractivity contribution in [3.05, 3.63) is 48.8 Å². The molecule has 2 rings (SSSR count). The van der Waals surface area contributed by atoms with Gasteiger partial charge in [0.1, 0.15) is 11.5 Å². The van der Waals surface area contributed by atoms with E-state index < -0.39 is 0 Å². The molecule has 0 aliphatic carbocycles. The van der Waals surface area contributed by atoms with Gasteiger partial charge >= 0.3 is 0 Å². The number of hydrogen-bond acceptors (Lipinski definition) is 4. The van der Waals surface area contributed by atoms with Crippen molar-refractivity contribution < 1.29 is 14.3 Å². The van der Waals surface area contributed by atoms with Crippen molar-refractivity contribution in [3.8, 4) is 11.5 Å². The van der Waals surface area contributed by atoms with Gasteiger partial charge in [-0.05, 0) is 42.8 Å². The predicted octanol–water partition coefficient (Wildman–Crippen LogP) is 3.67. The summed E-state index contributed by atoms with van der Waals surface area (Å²) in [6.07, 6.45) is 6.65. The zero-order valence-corrected chi connectivity index (χ0v) is 13.3. The van der Waals surface area contributed by atoms with Crippen LogP contribution in [0, 0.1) is 0 Å². The van der Waals surface area contributed by atoms with Crippen LogP contribution in [0.3, 0.4) is 0 Å². The normalized spacial score (nSPS) is 10.1. The predicted molar refractivity (Wildman–Crippen MR) is 89.8 cm³/mol. The number of benzene rings is 1. The van der Waals surface area contributed by atoms with Gasteiger partial charge in [-0.3, -0.25) is 9.78 Å². The molecule has 0 fully saturated rings. The summed E-state index contributed by atoms with van der Waals surface area (Å²) in [5.41, 5.74) is 0.699. The van der Waals surface area contributed by atoms with Gasteiger partial charge in [0, 0.05) is 18.1 Å². The maximum atomic E-state index is 11.8.